The summed E-state index contributed by atoms with van der Waals surface area (Å²) in [6, 6.07) is 14.9. The van der Waals surface area contributed by atoms with Crippen LogP contribution in [0.3, 0.4) is 0 Å². The number of fused-ring (bicyclic) bond motifs is 1. The van der Waals surface area contributed by atoms with Crippen molar-refractivity contribution in [1.29, 1.82) is 0 Å². The number of hydrogen-bond acceptors (Lipinski definition) is 4. The Morgan fingerprint density at radius 1 is 1.03 bits per heavy atom. The lowest BCUT2D eigenvalue weighted by Crippen LogP contribution is -2.59. The molecule has 1 amide bonds. The second-order valence-electron chi connectivity index (χ2n) is 10.2. The molecule has 0 radical (unpaired) electrons. The predicted octanol–water partition coefficient (Wildman–Crippen LogP) is 4.05. The number of sulfonamides is 1. The molecule has 1 saturated carbocycles. The molecule has 3 aromatic rings. The smallest absolute Gasteiger partial charge is 0.344 e. The van der Waals surface area contributed by atoms with Crippen molar-refractivity contribution in [2.24, 2.45) is 13.0 Å². The Labute approximate surface area is 220 Å². The van der Waals surface area contributed by atoms with Gasteiger partial charge in [0.25, 0.3) is 0 Å². The van der Waals surface area contributed by atoms with E-state index in [-0.39, 0.29) is 42.4 Å². The number of nitrogens with one attached hydrogen (secondary N) is 2. The first-order valence-electron chi connectivity index (χ1n) is 12.8. The van der Waals surface area contributed by atoms with Gasteiger partial charge < -0.3 is 14.8 Å². The Bertz CT molecular complexity index is 1410. The Hall–Kier alpha value is -2.89. The first-order chi connectivity index (χ1) is 18.0. The minimum Gasteiger partial charge on any atom is -0.344 e. The number of carbonyl (C=O) groups is 1. The number of alkyl halides is 3. The molecule has 2 aliphatic rings. The minimum atomic E-state index is -4.40. The van der Waals surface area contributed by atoms with Crippen molar-refractivity contribution in [2.45, 2.75) is 48.8 Å². The zero-order valence-corrected chi connectivity index (χ0v) is 21.9. The molecule has 5 rings (SSSR count). The maximum absolute atomic E-state index is 13.2. The van der Waals surface area contributed by atoms with E-state index in [9.17, 15) is 26.4 Å². The van der Waals surface area contributed by atoms with Gasteiger partial charge in [-0.15, -0.1) is 0 Å². The lowest BCUT2D eigenvalue weighted by molar-refractivity contribution is -0.169. The average molecular weight is 549 g/mol. The van der Waals surface area contributed by atoms with Gasteiger partial charge in [-0.2, -0.15) is 13.2 Å². The zero-order chi connectivity index (χ0) is 27.1. The van der Waals surface area contributed by atoms with E-state index in [1.165, 1.54) is 4.90 Å². The van der Waals surface area contributed by atoms with Crippen LogP contribution < -0.4 is 10.0 Å². The van der Waals surface area contributed by atoms with Crippen LogP contribution >= 0.6 is 0 Å². The molecule has 204 valence electrons. The number of carbonyl (C=O) groups excluding carboxylic acids is 1. The van der Waals surface area contributed by atoms with E-state index in [1.54, 1.807) is 18.2 Å². The van der Waals surface area contributed by atoms with Crippen LogP contribution in [0.4, 0.5) is 13.2 Å². The van der Waals surface area contributed by atoms with Crippen LogP contribution in [0.5, 0.6) is 0 Å². The average Bonchev–Trinajstić information content (AvgIpc) is 3.24. The fourth-order valence-corrected chi connectivity index (χ4v) is 6.89. The molecule has 2 fully saturated rings. The third-order valence-electron chi connectivity index (χ3n) is 7.67. The van der Waals surface area contributed by atoms with Crippen molar-refractivity contribution in [2.75, 3.05) is 19.6 Å². The molecule has 0 unspecified atom stereocenters. The SMILES string of the molecule is Cn1c(-c2ccccc2)cc2cc(S(=O)(=O)NC3CCC(C(=O)N4CCN[C@H](C(F)(F)F)C4)CC3)ccc21. The predicted molar refractivity (Wildman–Crippen MR) is 139 cm³/mol. The molecule has 11 heteroatoms. The molecule has 7 nitrogen and oxygen atoms in total. The van der Waals surface area contributed by atoms with Gasteiger partial charge in [-0.1, -0.05) is 30.3 Å². The lowest BCUT2D eigenvalue weighted by Gasteiger charge is -2.38. The summed E-state index contributed by atoms with van der Waals surface area (Å²) in [5.74, 6) is -0.661. The van der Waals surface area contributed by atoms with Crippen molar-refractivity contribution in [3.63, 3.8) is 0 Å². The second kappa shape index (κ2) is 10.3. The molecule has 1 saturated heterocycles. The molecule has 0 spiro atoms. The van der Waals surface area contributed by atoms with Crippen LogP contribution in [0, 0.1) is 5.92 Å². The van der Waals surface area contributed by atoms with Gasteiger partial charge >= 0.3 is 6.18 Å². The first kappa shape index (κ1) is 26.7. The van der Waals surface area contributed by atoms with E-state index in [2.05, 4.69) is 10.0 Å². The summed E-state index contributed by atoms with van der Waals surface area (Å²) in [7, 11) is -1.84. The normalized spacial score (nSPS) is 23.1. The zero-order valence-electron chi connectivity index (χ0n) is 21.0. The first-order valence-corrected chi connectivity index (χ1v) is 14.3. The molecule has 2 aromatic carbocycles. The van der Waals surface area contributed by atoms with Gasteiger partial charge in [0.2, 0.25) is 15.9 Å². The standard InChI is InChI=1S/C27H31F3N4O3S/c1-33-23-12-11-22(15-20(23)16-24(33)18-5-3-2-4-6-18)38(36,37)32-21-9-7-19(8-10-21)26(35)34-14-13-31-25(17-34)27(28,29)30/h2-6,11-12,15-16,19,21,25,31-32H,7-10,13-14,17H2,1H3/t19?,21?,25-/m0/s1. The van der Waals surface area contributed by atoms with Crippen molar-refractivity contribution < 1.29 is 26.4 Å². The number of benzene rings is 2. The number of amides is 1. The van der Waals surface area contributed by atoms with Gasteiger partial charge in [-0.25, -0.2) is 13.1 Å². The molecule has 2 heterocycles. The Morgan fingerprint density at radius 2 is 1.74 bits per heavy atom. The number of piperazine rings is 1. The largest absolute Gasteiger partial charge is 0.405 e. The lowest BCUT2D eigenvalue weighted by atomic mass is 9.85. The quantitative estimate of drug-likeness (QED) is 0.504. The highest BCUT2D eigenvalue weighted by atomic mass is 32.2. The van der Waals surface area contributed by atoms with E-state index >= 15 is 0 Å². The topological polar surface area (TPSA) is 83.4 Å². The summed E-state index contributed by atoms with van der Waals surface area (Å²) in [5.41, 5.74) is 2.94. The molecular weight excluding hydrogens is 517 g/mol. The molecule has 1 aromatic heterocycles. The molecule has 38 heavy (non-hydrogen) atoms. The van der Waals surface area contributed by atoms with Crippen LogP contribution in [0.15, 0.2) is 59.5 Å². The third kappa shape index (κ3) is 5.45. The van der Waals surface area contributed by atoms with Crippen molar-refractivity contribution in [3.8, 4) is 11.3 Å². The maximum atomic E-state index is 13.2. The van der Waals surface area contributed by atoms with Gasteiger partial charge in [-0.05, 0) is 55.5 Å². The van der Waals surface area contributed by atoms with Gasteiger partial charge in [0.1, 0.15) is 6.04 Å². The number of aryl methyl sites for hydroxylation is 1. The van der Waals surface area contributed by atoms with Gasteiger partial charge in [0.15, 0.2) is 0 Å². The number of aromatic nitrogens is 1. The number of rotatable bonds is 5. The maximum Gasteiger partial charge on any atom is 0.405 e. The number of hydrogen-bond donors (Lipinski definition) is 2. The van der Waals surface area contributed by atoms with E-state index in [0.717, 1.165) is 22.2 Å². The van der Waals surface area contributed by atoms with Crippen LogP contribution in [-0.4, -0.2) is 61.7 Å². The molecule has 1 aliphatic carbocycles. The van der Waals surface area contributed by atoms with Crippen molar-refractivity contribution in [1.82, 2.24) is 19.5 Å². The Kier molecular flexibility index (Phi) is 7.27. The fraction of sp³-hybridized carbons (Fsp3) is 0.444. The monoisotopic (exact) mass is 548 g/mol. The summed E-state index contributed by atoms with van der Waals surface area (Å²) >= 11 is 0. The highest BCUT2D eigenvalue weighted by molar-refractivity contribution is 7.89. The van der Waals surface area contributed by atoms with Crippen LogP contribution in [0.2, 0.25) is 0 Å². The van der Waals surface area contributed by atoms with Crippen molar-refractivity contribution >= 4 is 26.8 Å². The minimum absolute atomic E-state index is 0.101. The highest BCUT2D eigenvalue weighted by Crippen LogP contribution is 2.31. The Morgan fingerprint density at radius 3 is 2.42 bits per heavy atom. The van der Waals surface area contributed by atoms with Crippen LogP contribution in [0.1, 0.15) is 25.7 Å². The van der Waals surface area contributed by atoms with Crippen LogP contribution in [0.25, 0.3) is 22.2 Å². The van der Waals surface area contributed by atoms with E-state index in [0.29, 0.717) is 25.7 Å². The summed E-state index contributed by atoms with van der Waals surface area (Å²) in [6.07, 6.45) is -2.62. The Balaban J connectivity index is 1.22. The molecular formula is C27H31F3N4O3S. The van der Waals surface area contributed by atoms with Gasteiger partial charge in [-0.3, -0.25) is 4.79 Å². The third-order valence-corrected chi connectivity index (χ3v) is 9.19. The summed E-state index contributed by atoms with van der Waals surface area (Å²) in [4.78, 5) is 14.4. The second-order valence-corrected chi connectivity index (χ2v) is 11.9. The van der Waals surface area contributed by atoms with E-state index < -0.39 is 22.2 Å². The summed E-state index contributed by atoms with van der Waals surface area (Å²) < 4.78 is 70.5. The van der Waals surface area contributed by atoms with Crippen LogP contribution in [-0.2, 0) is 21.9 Å². The summed E-state index contributed by atoms with van der Waals surface area (Å²) in [5, 5.41) is 3.24. The number of halogens is 3. The van der Waals surface area contributed by atoms with Crippen molar-refractivity contribution in [3.05, 3.63) is 54.6 Å². The van der Waals surface area contributed by atoms with E-state index in [4.69, 9.17) is 0 Å². The van der Waals surface area contributed by atoms with E-state index in [1.807, 2.05) is 48.0 Å². The summed E-state index contributed by atoms with van der Waals surface area (Å²) in [6.45, 7) is -0.0432. The molecule has 0 bridgehead atoms. The molecule has 1 atom stereocenters. The highest BCUT2D eigenvalue weighted by Gasteiger charge is 2.43. The number of nitrogens with zero attached hydrogens (tertiary/aromatic N) is 2. The van der Waals surface area contributed by atoms with Gasteiger partial charge in [0.05, 0.1) is 4.90 Å². The van der Waals surface area contributed by atoms with Gasteiger partial charge in [0, 0.05) is 55.2 Å². The molecule has 1 aliphatic heterocycles. The molecule has 2 N–H and O–H groups in total. The fourth-order valence-electron chi connectivity index (χ4n) is 5.55.